The number of ether oxygens (including phenoxy) is 2. The number of benzene rings is 1. The first-order valence-corrected chi connectivity index (χ1v) is 6.30. The molecule has 21 heavy (non-hydrogen) atoms. The maximum Gasteiger partial charge on any atom is 0.272 e. The summed E-state index contributed by atoms with van der Waals surface area (Å²) >= 11 is 0. The largest absolute Gasteiger partial charge is 0.485 e. The van der Waals surface area contributed by atoms with E-state index in [2.05, 4.69) is 10.6 Å². The first kappa shape index (κ1) is 17.6. The van der Waals surface area contributed by atoms with Crippen molar-refractivity contribution >= 4 is 24.0 Å². The van der Waals surface area contributed by atoms with Gasteiger partial charge in [0.2, 0.25) is 0 Å². The fourth-order valence-electron chi connectivity index (χ4n) is 1.80. The fourth-order valence-corrected chi connectivity index (χ4v) is 1.80. The summed E-state index contributed by atoms with van der Waals surface area (Å²) in [6, 6.07) is 6.45. The van der Waals surface area contributed by atoms with Crippen LogP contribution in [0.2, 0.25) is 0 Å². The van der Waals surface area contributed by atoms with Crippen LogP contribution in [0.1, 0.15) is 0 Å². The Morgan fingerprint density at radius 1 is 1.48 bits per heavy atom. The van der Waals surface area contributed by atoms with E-state index in [0.29, 0.717) is 25.4 Å². The number of morpholine rings is 1. The van der Waals surface area contributed by atoms with Gasteiger partial charge in [-0.05, 0) is 12.1 Å². The minimum absolute atomic E-state index is 0. The number of rotatable bonds is 5. The summed E-state index contributed by atoms with van der Waals surface area (Å²) < 4.78 is 34.6. The van der Waals surface area contributed by atoms with Gasteiger partial charge in [-0.1, -0.05) is 12.1 Å². The van der Waals surface area contributed by atoms with Crippen LogP contribution < -0.4 is 15.4 Å². The van der Waals surface area contributed by atoms with Gasteiger partial charge in [0.1, 0.15) is 18.5 Å². The van der Waals surface area contributed by atoms with E-state index in [1.807, 2.05) is 0 Å². The Morgan fingerprint density at radius 3 is 2.90 bits per heavy atom. The van der Waals surface area contributed by atoms with Crippen molar-refractivity contribution in [2.24, 2.45) is 0 Å². The van der Waals surface area contributed by atoms with Crippen molar-refractivity contribution < 1.29 is 23.0 Å². The number of amides is 1. The Balaban J connectivity index is 0.00000220. The number of para-hydroxylation sites is 2. The van der Waals surface area contributed by atoms with Gasteiger partial charge in [-0.25, -0.2) is 8.78 Å². The number of alkyl halides is 2. The van der Waals surface area contributed by atoms with Crippen molar-refractivity contribution in [2.45, 2.75) is 12.5 Å². The van der Waals surface area contributed by atoms with Gasteiger partial charge >= 0.3 is 0 Å². The van der Waals surface area contributed by atoms with Crippen molar-refractivity contribution in [1.29, 1.82) is 0 Å². The molecule has 118 valence electrons. The van der Waals surface area contributed by atoms with E-state index in [0.717, 1.165) is 0 Å². The predicted molar refractivity (Wildman–Crippen MR) is 76.4 cm³/mol. The van der Waals surface area contributed by atoms with E-state index in [9.17, 15) is 13.6 Å². The topological polar surface area (TPSA) is 59.6 Å². The van der Waals surface area contributed by atoms with Gasteiger partial charge in [-0.3, -0.25) is 4.79 Å². The zero-order valence-corrected chi connectivity index (χ0v) is 12.0. The lowest BCUT2D eigenvalue weighted by molar-refractivity contribution is -0.128. The van der Waals surface area contributed by atoms with Gasteiger partial charge in [-0.15, -0.1) is 12.4 Å². The number of hydrogen-bond donors (Lipinski definition) is 2. The van der Waals surface area contributed by atoms with Gasteiger partial charge in [0.25, 0.3) is 12.3 Å². The third-order valence-corrected chi connectivity index (χ3v) is 2.73. The van der Waals surface area contributed by atoms with E-state index in [-0.39, 0.29) is 24.1 Å². The number of halogens is 3. The van der Waals surface area contributed by atoms with Crippen molar-refractivity contribution in [3.63, 3.8) is 0 Å². The molecule has 1 saturated heterocycles. The summed E-state index contributed by atoms with van der Waals surface area (Å²) in [5.74, 6) is -0.116. The number of hydrogen-bond acceptors (Lipinski definition) is 4. The smallest absolute Gasteiger partial charge is 0.272 e. The normalized spacial score (nSPS) is 18.0. The molecule has 5 nitrogen and oxygen atoms in total. The third-order valence-electron chi connectivity index (χ3n) is 2.73. The maximum absolute atomic E-state index is 12.2. The molecule has 8 heteroatoms. The molecule has 0 aliphatic carbocycles. The summed E-state index contributed by atoms with van der Waals surface area (Å²) in [5, 5.41) is 5.67. The minimum Gasteiger partial charge on any atom is -0.485 e. The molecule has 0 saturated carbocycles. The molecule has 2 N–H and O–H groups in total. The zero-order valence-electron chi connectivity index (χ0n) is 11.2. The van der Waals surface area contributed by atoms with Gasteiger partial charge < -0.3 is 20.1 Å². The van der Waals surface area contributed by atoms with Crippen LogP contribution in [-0.4, -0.2) is 44.7 Å². The van der Waals surface area contributed by atoms with E-state index < -0.39 is 19.1 Å². The highest BCUT2D eigenvalue weighted by Gasteiger charge is 2.22. The van der Waals surface area contributed by atoms with Crippen LogP contribution in [0.3, 0.4) is 0 Å². The van der Waals surface area contributed by atoms with Crippen molar-refractivity contribution in [3.8, 4) is 5.75 Å². The highest BCUT2D eigenvalue weighted by molar-refractivity contribution is 5.95. The molecular formula is C13H17ClF2N2O3. The molecule has 1 atom stereocenters. The van der Waals surface area contributed by atoms with Gasteiger partial charge in [0, 0.05) is 13.1 Å². The monoisotopic (exact) mass is 322 g/mol. The molecule has 1 unspecified atom stereocenters. The molecule has 1 amide bonds. The average molecular weight is 323 g/mol. The molecular weight excluding hydrogens is 306 g/mol. The van der Waals surface area contributed by atoms with Gasteiger partial charge in [0.05, 0.1) is 12.3 Å². The van der Waals surface area contributed by atoms with E-state index in [1.165, 1.54) is 6.07 Å². The van der Waals surface area contributed by atoms with Gasteiger partial charge in [-0.2, -0.15) is 0 Å². The molecule has 1 fully saturated rings. The summed E-state index contributed by atoms with van der Waals surface area (Å²) in [6.07, 6.45) is -3.16. The Bertz CT molecular complexity index is 457. The molecule has 0 spiro atoms. The van der Waals surface area contributed by atoms with Crippen LogP contribution in [0.25, 0.3) is 0 Å². The first-order valence-electron chi connectivity index (χ1n) is 6.30. The highest BCUT2D eigenvalue weighted by atomic mass is 35.5. The minimum atomic E-state index is -2.57. The third kappa shape index (κ3) is 5.45. The average Bonchev–Trinajstić information content (AvgIpc) is 2.47. The molecule has 2 rings (SSSR count). The van der Waals surface area contributed by atoms with Crippen LogP contribution in [0.4, 0.5) is 14.5 Å². The van der Waals surface area contributed by atoms with Gasteiger partial charge in [0.15, 0.2) is 0 Å². The van der Waals surface area contributed by atoms with E-state index >= 15 is 0 Å². The molecule has 1 aliphatic heterocycles. The summed E-state index contributed by atoms with van der Waals surface area (Å²) in [7, 11) is 0. The Hall–Kier alpha value is -1.44. The van der Waals surface area contributed by atoms with Crippen molar-refractivity contribution in [1.82, 2.24) is 5.32 Å². The fraction of sp³-hybridized carbons (Fsp3) is 0.462. The summed E-state index contributed by atoms with van der Waals surface area (Å²) in [5.41, 5.74) is 0.354. The Labute approximate surface area is 127 Å². The molecule has 1 aromatic carbocycles. The molecule has 0 aromatic heterocycles. The van der Waals surface area contributed by atoms with Crippen molar-refractivity contribution in [3.05, 3.63) is 24.3 Å². The number of anilines is 1. The number of carbonyl (C=O) groups is 1. The summed E-state index contributed by atoms with van der Waals surface area (Å²) in [4.78, 5) is 12.0. The number of carbonyl (C=O) groups excluding carboxylic acids is 1. The number of nitrogens with one attached hydrogen (secondary N) is 2. The van der Waals surface area contributed by atoms with Crippen LogP contribution in [0, 0.1) is 0 Å². The molecule has 0 radical (unpaired) electrons. The van der Waals surface area contributed by atoms with Crippen LogP contribution in [0.5, 0.6) is 5.75 Å². The SMILES string of the molecule is Cl.O=C(Nc1ccccc1OCC(F)F)C1CNCCO1. The van der Waals surface area contributed by atoms with Crippen LogP contribution in [0.15, 0.2) is 24.3 Å². The maximum atomic E-state index is 12.2. The predicted octanol–water partition coefficient (Wildman–Crippen LogP) is 1.68. The molecule has 1 heterocycles. The Kier molecular flexibility index (Phi) is 7.35. The Morgan fingerprint density at radius 2 is 2.24 bits per heavy atom. The lowest BCUT2D eigenvalue weighted by Gasteiger charge is -2.23. The first-order chi connectivity index (χ1) is 9.66. The lowest BCUT2D eigenvalue weighted by atomic mass is 10.2. The second-order valence-corrected chi connectivity index (χ2v) is 4.25. The molecule has 0 bridgehead atoms. The highest BCUT2D eigenvalue weighted by Crippen LogP contribution is 2.24. The molecule has 1 aromatic rings. The van der Waals surface area contributed by atoms with Crippen LogP contribution in [-0.2, 0) is 9.53 Å². The quantitative estimate of drug-likeness (QED) is 0.866. The second-order valence-electron chi connectivity index (χ2n) is 4.25. The van der Waals surface area contributed by atoms with Crippen molar-refractivity contribution in [2.75, 3.05) is 31.6 Å². The van der Waals surface area contributed by atoms with E-state index in [1.54, 1.807) is 18.2 Å². The molecule has 1 aliphatic rings. The second kappa shape index (κ2) is 8.76. The summed E-state index contributed by atoms with van der Waals surface area (Å²) in [6.45, 7) is 0.875. The standard InChI is InChI=1S/C13H16F2N2O3.ClH/c14-12(15)8-20-10-4-2-1-3-9(10)17-13(18)11-7-16-5-6-19-11;/h1-4,11-12,16H,5-8H2,(H,17,18);1H. The zero-order chi connectivity index (χ0) is 14.4. The lowest BCUT2D eigenvalue weighted by Crippen LogP contribution is -2.45. The van der Waals surface area contributed by atoms with Crippen LogP contribution >= 0.6 is 12.4 Å². The van der Waals surface area contributed by atoms with E-state index in [4.69, 9.17) is 9.47 Å².